The van der Waals surface area contributed by atoms with Gasteiger partial charge < -0.3 is 15.3 Å². The highest BCUT2D eigenvalue weighted by Gasteiger charge is 2.20. The van der Waals surface area contributed by atoms with Crippen LogP contribution in [0.5, 0.6) is 0 Å². The number of nitrogens with zero attached hydrogens (tertiary/aromatic N) is 4. The van der Waals surface area contributed by atoms with E-state index < -0.39 is 0 Å². The summed E-state index contributed by atoms with van der Waals surface area (Å²) in [5.41, 5.74) is 8.07. The molecule has 2 amide bonds. The molecule has 0 unspecified atom stereocenters. The van der Waals surface area contributed by atoms with Crippen LogP contribution < -0.4 is 15.6 Å². The van der Waals surface area contributed by atoms with Crippen molar-refractivity contribution in [1.29, 1.82) is 0 Å². The molecule has 9 nitrogen and oxygen atoms in total. The van der Waals surface area contributed by atoms with E-state index in [-0.39, 0.29) is 18.4 Å². The molecule has 0 atom stereocenters. The molecule has 2 aliphatic heterocycles. The summed E-state index contributed by atoms with van der Waals surface area (Å²) in [5.74, 6) is -0.649. The SMILES string of the molecule is Cc1ccc(/C=N/NC(=O)c2cc(N3CCCCC3)ccc2NC(=O)c2cccc(CN3CCN(CCO)CC3)c2)cc1. The number of hydrazone groups is 1. The van der Waals surface area contributed by atoms with Crippen LogP contribution in [0.2, 0.25) is 0 Å². The van der Waals surface area contributed by atoms with Gasteiger partial charge in [-0.3, -0.25) is 19.4 Å². The average molecular weight is 583 g/mol. The average Bonchev–Trinajstić information content (AvgIpc) is 3.04. The summed E-state index contributed by atoms with van der Waals surface area (Å²) >= 11 is 0. The van der Waals surface area contributed by atoms with Crippen LogP contribution in [0.15, 0.2) is 71.8 Å². The smallest absolute Gasteiger partial charge is 0.273 e. The van der Waals surface area contributed by atoms with E-state index in [2.05, 4.69) is 30.5 Å². The lowest BCUT2D eigenvalue weighted by molar-refractivity contribution is 0.0956. The Kier molecular flexibility index (Phi) is 10.5. The standard InChI is InChI=1S/C34H42N6O3/c1-26-8-10-27(11-9-26)24-35-37-34(43)31-23-30(40-14-3-2-4-15-40)12-13-32(31)36-33(42)29-7-5-6-28(22-29)25-39-18-16-38(17-19-39)20-21-41/h5-13,22-24,41H,2-4,14-21,25H2,1H3,(H,36,42)(H,37,43)/b35-24+. The van der Waals surface area contributed by atoms with Crippen LogP contribution in [0.3, 0.4) is 0 Å². The zero-order chi connectivity index (χ0) is 30.0. The van der Waals surface area contributed by atoms with Gasteiger partial charge >= 0.3 is 0 Å². The summed E-state index contributed by atoms with van der Waals surface area (Å²) in [5, 5.41) is 16.4. The van der Waals surface area contributed by atoms with Crippen molar-refractivity contribution in [3.63, 3.8) is 0 Å². The van der Waals surface area contributed by atoms with E-state index >= 15 is 0 Å². The maximum atomic E-state index is 13.4. The van der Waals surface area contributed by atoms with Crippen molar-refractivity contribution in [1.82, 2.24) is 15.2 Å². The molecule has 0 aromatic heterocycles. The highest BCUT2D eigenvalue weighted by atomic mass is 16.3. The minimum atomic E-state index is -0.383. The first-order valence-corrected chi connectivity index (χ1v) is 15.2. The Hall–Kier alpha value is -4.05. The number of hydrogen-bond acceptors (Lipinski definition) is 7. The number of nitrogens with one attached hydrogen (secondary N) is 2. The Balaban J connectivity index is 1.29. The van der Waals surface area contributed by atoms with Crippen molar-refractivity contribution in [2.75, 3.05) is 62.6 Å². The topological polar surface area (TPSA) is 101 Å². The third kappa shape index (κ3) is 8.50. The lowest BCUT2D eigenvalue weighted by Gasteiger charge is -2.34. The van der Waals surface area contributed by atoms with Crippen molar-refractivity contribution in [3.05, 3.63) is 94.5 Å². The fourth-order valence-electron chi connectivity index (χ4n) is 5.63. The van der Waals surface area contributed by atoms with E-state index in [4.69, 9.17) is 0 Å². The van der Waals surface area contributed by atoms with Gasteiger partial charge in [-0.05, 0) is 67.6 Å². The van der Waals surface area contributed by atoms with Gasteiger partial charge in [0.25, 0.3) is 11.8 Å². The first kappa shape index (κ1) is 30.4. The van der Waals surface area contributed by atoms with Crippen molar-refractivity contribution >= 4 is 29.4 Å². The molecule has 2 heterocycles. The number of β-amino-alcohol motifs (C(OH)–C–C–N with tert-alkyl or cyclic N) is 1. The summed E-state index contributed by atoms with van der Waals surface area (Å²) in [6.45, 7) is 9.25. The van der Waals surface area contributed by atoms with Crippen LogP contribution in [-0.2, 0) is 6.54 Å². The van der Waals surface area contributed by atoms with Crippen LogP contribution in [-0.4, -0.2) is 85.4 Å². The molecule has 9 heteroatoms. The molecule has 2 saturated heterocycles. The van der Waals surface area contributed by atoms with Crippen molar-refractivity contribution in [2.45, 2.75) is 32.7 Å². The molecule has 0 radical (unpaired) electrons. The molecule has 0 saturated carbocycles. The molecule has 3 N–H and O–H groups in total. The lowest BCUT2D eigenvalue weighted by Crippen LogP contribution is -2.46. The summed E-state index contributed by atoms with van der Waals surface area (Å²) in [6.07, 6.45) is 5.07. The molecule has 226 valence electrons. The predicted molar refractivity (Wildman–Crippen MR) is 172 cm³/mol. The maximum absolute atomic E-state index is 13.4. The van der Waals surface area contributed by atoms with Crippen LogP contribution in [0, 0.1) is 6.92 Å². The van der Waals surface area contributed by atoms with Gasteiger partial charge in [0.05, 0.1) is 24.1 Å². The molecule has 0 spiro atoms. The number of hydrogen-bond donors (Lipinski definition) is 3. The second kappa shape index (κ2) is 14.9. The zero-order valence-electron chi connectivity index (χ0n) is 25.0. The van der Waals surface area contributed by atoms with E-state index in [1.54, 1.807) is 12.3 Å². The molecule has 3 aromatic rings. The number of aryl methyl sites for hydroxylation is 1. The van der Waals surface area contributed by atoms with Gasteiger partial charge in [-0.15, -0.1) is 0 Å². The molecule has 0 bridgehead atoms. The third-order valence-corrected chi connectivity index (χ3v) is 8.15. The van der Waals surface area contributed by atoms with Crippen LogP contribution in [0.4, 0.5) is 11.4 Å². The molecule has 0 aliphatic carbocycles. The van der Waals surface area contributed by atoms with E-state index in [1.165, 1.54) is 6.42 Å². The number of piperidine rings is 1. The molecule has 43 heavy (non-hydrogen) atoms. The van der Waals surface area contributed by atoms with E-state index in [1.807, 2.05) is 67.6 Å². The fraction of sp³-hybridized carbons (Fsp3) is 0.382. The van der Waals surface area contributed by atoms with Gasteiger partial charge in [-0.1, -0.05) is 42.0 Å². The number of aliphatic hydroxyl groups is 1. The van der Waals surface area contributed by atoms with Crippen LogP contribution in [0.1, 0.15) is 56.7 Å². The molecular weight excluding hydrogens is 540 g/mol. The molecule has 5 rings (SSSR count). The number of anilines is 2. The number of carbonyl (C=O) groups excluding carboxylic acids is 2. The largest absolute Gasteiger partial charge is 0.395 e. The predicted octanol–water partition coefficient (Wildman–Crippen LogP) is 4.11. The number of aliphatic hydroxyl groups excluding tert-OH is 1. The first-order chi connectivity index (χ1) is 21.0. The number of piperazine rings is 1. The van der Waals surface area contributed by atoms with Crippen LogP contribution in [0.25, 0.3) is 0 Å². The Morgan fingerprint density at radius 2 is 1.60 bits per heavy atom. The number of rotatable bonds is 10. The quantitative estimate of drug-likeness (QED) is 0.246. The molecule has 2 fully saturated rings. The Morgan fingerprint density at radius 3 is 2.35 bits per heavy atom. The molecule has 2 aliphatic rings. The van der Waals surface area contributed by atoms with Crippen molar-refractivity contribution in [3.8, 4) is 0 Å². The van der Waals surface area contributed by atoms with Gasteiger partial charge in [-0.25, -0.2) is 5.43 Å². The summed E-state index contributed by atoms with van der Waals surface area (Å²) < 4.78 is 0. The second-order valence-corrected chi connectivity index (χ2v) is 11.4. The molecular formula is C34H42N6O3. The van der Waals surface area contributed by atoms with E-state index in [0.717, 1.165) is 81.0 Å². The number of amides is 2. The van der Waals surface area contributed by atoms with Crippen molar-refractivity contribution < 1.29 is 14.7 Å². The normalized spacial score (nSPS) is 16.4. The Morgan fingerprint density at radius 1 is 0.860 bits per heavy atom. The van der Waals surface area contributed by atoms with Crippen LogP contribution >= 0.6 is 0 Å². The maximum Gasteiger partial charge on any atom is 0.273 e. The minimum Gasteiger partial charge on any atom is -0.395 e. The Labute approximate surface area is 254 Å². The first-order valence-electron chi connectivity index (χ1n) is 15.2. The number of carbonyl (C=O) groups is 2. The van der Waals surface area contributed by atoms with E-state index in [0.29, 0.717) is 23.4 Å². The highest BCUT2D eigenvalue weighted by molar-refractivity contribution is 6.09. The second-order valence-electron chi connectivity index (χ2n) is 11.4. The molecule has 3 aromatic carbocycles. The Bertz CT molecular complexity index is 1410. The summed E-state index contributed by atoms with van der Waals surface area (Å²) in [4.78, 5) is 33.7. The van der Waals surface area contributed by atoms with Gasteiger partial charge in [-0.2, -0.15) is 5.10 Å². The van der Waals surface area contributed by atoms with Crippen molar-refractivity contribution in [2.24, 2.45) is 5.10 Å². The highest BCUT2D eigenvalue weighted by Crippen LogP contribution is 2.27. The third-order valence-electron chi connectivity index (χ3n) is 8.15. The summed E-state index contributed by atoms with van der Waals surface area (Å²) in [6, 6.07) is 21.2. The van der Waals surface area contributed by atoms with Gasteiger partial charge in [0, 0.05) is 63.6 Å². The van der Waals surface area contributed by atoms with Gasteiger partial charge in [0.2, 0.25) is 0 Å². The fourth-order valence-corrected chi connectivity index (χ4v) is 5.63. The minimum absolute atomic E-state index is 0.183. The monoisotopic (exact) mass is 582 g/mol. The van der Waals surface area contributed by atoms with E-state index in [9.17, 15) is 14.7 Å². The zero-order valence-corrected chi connectivity index (χ0v) is 25.0. The van der Waals surface area contributed by atoms with Gasteiger partial charge in [0.1, 0.15) is 0 Å². The lowest BCUT2D eigenvalue weighted by atomic mass is 10.1. The summed E-state index contributed by atoms with van der Waals surface area (Å²) in [7, 11) is 0. The number of benzene rings is 3. The van der Waals surface area contributed by atoms with Gasteiger partial charge in [0.15, 0.2) is 0 Å².